The summed E-state index contributed by atoms with van der Waals surface area (Å²) in [5.74, 6) is 0.326. The standard InChI is InChI=1S/C13H16ClNO/c1-13(2)7-12(16)9-15(13)8-10-4-3-5-11(14)6-10/h3-6H,7-9H2,1-2H3. The molecule has 2 nitrogen and oxygen atoms in total. The van der Waals surface area contributed by atoms with Crippen LogP contribution in [-0.2, 0) is 11.3 Å². The number of ketones is 1. The van der Waals surface area contributed by atoms with Crippen molar-refractivity contribution in [3.63, 3.8) is 0 Å². The quantitative estimate of drug-likeness (QED) is 0.789. The molecule has 0 unspecified atom stereocenters. The predicted octanol–water partition coefficient (Wildman–Crippen LogP) is 2.89. The van der Waals surface area contributed by atoms with Crippen LogP contribution in [0.15, 0.2) is 24.3 Å². The molecule has 86 valence electrons. The SMILES string of the molecule is CC1(C)CC(=O)CN1Cc1cccc(Cl)c1. The average molecular weight is 238 g/mol. The Morgan fingerprint density at radius 1 is 1.44 bits per heavy atom. The summed E-state index contributed by atoms with van der Waals surface area (Å²) < 4.78 is 0. The van der Waals surface area contributed by atoms with E-state index in [0.717, 1.165) is 17.1 Å². The van der Waals surface area contributed by atoms with Gasteiger partial charge in [0.1, 0.15) is 5.78 Å². The molecule has 1 aliphatic heterocycles. The lowest BCUT2D eigenvalue weighted by atomic mass is 10.0. The first-order chi connectivity index (χ1) is 7.47. The monoisotopic (exact) mass is 237 g/mol. The number of nitrogens with zero attached hydrogens (tertiary/aromatic N) is 1. The summed E-state index contributed by atoms with van der Waals surface area (Å²) >= 11 is 5.94. The largest absolute Gasteiger partial charge is 0.298 e. The Morgan fingerprint density at radius 3 is 2.75 bits per heavy atom. The van der Waals surface area contributed by atoms with Crippen LogP contribution in [0.25, 0.3) is 0 Å². The van der Waals surface area contributed by atoms with Crippen molar-refractivity contribution in [3.8, 4) is 0 Å². The molecule has 1 heterocycles. The molecule has 0 spiro atoms. The maximum Gasteiger partial charge on any atom is 0.148 e. The van der Waals surface area contributed by atoms with Crippen LogP contribution in [-0.4, -0.2) is 22.8 Å². The maximum absolute atomic E-state index is 11.5. The van der Waals surface area contributed by atoms with Gasteiger partial charge in [-0.05, 0) is 31.5 Å². The molecule has 2 rings (SSSR count). The number of likely N-dealkylation sites (tertiary alicyclic amines) is 1. The second-order valence-electron chi connectivity index (χ2n) is 5.01. The zero-order chi connectivity index (χ0) is 11.8. The molecule has 0 aliphatic carbocycles. The number of halogens is 1. The first-order valence-electron chi connectivity index (χ1n) is 5.48. The van der Waals surface area contributed by atoms with Crippen molar-refractivity contribution in [3.05, 3.63) is 34.9 Å². The third kappa shape index (κ3) is 2.45. The summed E-state index contributed by atoms with van der Waals surface area (Å²) in [4.78, 5) is 13.7. The molecule has 0 N–H and O–H groups in total. The third-order valence-corrected chi connectivity index (χ3v) is 3.35. The number of benzene rings is 1. The lowest BCUT2D eigenvalue weighted by Crippen LogP contribution is -2.37. The molecule has 0 amide bonds. The van der Waals surface area contributed by atoms with E-state index in [1.807, 2.05) is 24.3 Å². The van der Waals surface area contributed by atoms with Gasteiger partial charge in [0.25, 0.3) is 0 Å². The average Bonchev–Trinajstić information content (AvgIpc) is 2.39. The van der Waals surface area contributed by atoms with Gasteiger partial charge in [-0.15, -0.1) is 0 Å². The normalized spacial score (nSPS) is 20.3. The fraction of sp³-hybridized carbons (Fsp3) is 0.462. The molecule has 1 aromatic carbocycles. The smallest absolute Gasteiger partial charge is 0.148 e. The van der Waals surface area contributed by atoms with E-state index in [1.165, 1.54) is 0 Å². The maximum atomic E-state index is 11.5. The van der Waals surface area contributed by atoms with E-state index in [4.69, 9.17) is 11.6 Å². The third-order valence-electron chi connectivity index (χ3n) is 3.12. The Balaban J connectivity index is 2.13. The minimum Gasteiger partial charge on any atom is -0.298 e. The van der Waals surface area contributed by atoms with E-state index in [-0.39, 0.29) is 5.54 Å². The van der Waals surface area contributed by atoms with Crippen molar-refractivity contribution in [2.24, 2.45) is 0 Å². The van der Waals surface area contributed by atoms with E-state index in [2.05, 4.69) is 18.7 Å². The van der Waals surface area contributed by atoms with Crippen LogP contribution >= 0.6 is 11.6 Å². The lowest BCUT2D eigenvalue weighted by Gasteiger charge is -2.30. The van der Waals surface area contributed by atoms with Gasteiger partial charge < -0.3 is 0 Å². The van der Waals surface area contributed by atoms with Crippen molar-refractivity contribution < 1.29 is 4.79 Å². The highest BCUT2D eigenvalue weighted by atomic mass is 35.5. The van der Waals surface area contributed by atoms with Gasteiger partial charge in [0.05, 0.1) is 6.54 Å². The molecule has 1 saturated heterocycles. The summed E-state index contributed by atoms with van der Waals surface area (Å²) in [6.07, 6.45) is 0.646. The van der Waals surface area contributed by atoms with Crippen molar-refractivity contribution >= 4 is 17.4 Å². The number of hydrogen-bond acceptors (Lipinski definition) is 2. The Kier molecular flexibility index (Phi) is 3.04. The van der Waals surface area contributed by atoms with Crippen molar-refractivity contribution in [1.82, 2.24) is 4.90 Å². The van der Waals surface area contributed by atoms with Crippen LogP contribution in [0.1, 0.15) is 25.8 Å². The van der Waals surface area contributed by atoms with Crippen LogP contribution in [0.2, 0.25) is 5.02 Å². The second-order valence-corrected chi connectivity index (χ2v) is 5.45. The van der Waals surface area contributed by atoms with Crippen LogP contribution in [0.3, 0.4) is 0 Å². The highest BCUT2D eigenvalue weighted by Gasteiger charge is 2.36. The Bertz CT molecular complexity index is 414. The first-order valence-corrected chi connectivity index (χ1v) is 5.86. The molecule has 0 aromatic heterocycles. The Hall–Kier alpha value is -0.860. The predicted molar refractivity (Wildman–Crippen MR) is 65.6 cm³/mol. The van der Waals surface area contributed by atoms with Crippen LogP contribution in [0.5, 0.6) is 0 Å². The number of rotatable bonds is 2. The van der Waals surface area contributed by atoms with Crippen LogP contribution in [0.4, 0.5) is 0 Å². The fourth-order valence-corrected chi connectivity index (χ4v) is 2.42. The molecular formula is C13H16ClNO. The summed E-state index contributed by atoms with van der Waals surface area (Å²) in [6, 6.07) is 7.82. The molecule has 3 heteroatoms. The summed E-state index contributed by atoms with van der Waals surface area (Å²) in [5, 5.41) is 0.751. The number of carbonyl (C=O) groups is 1. The van der Waals surface area contributed by atoms with E-state index in [1.54, 1.807) is 0 Å². The second kappa shape index (κ2) is 4.19. The minimum atomic E-state index is -0.0284. The van der Waals surface area contributed by atoms with Gasteiger partial charge >= 0.3 is 0 Å². The summed E-state index contributed by atoms with van der Waals surface area (Å²) in [5.41, 5.74) is 1.13. The van der Waals surface area contributed by atoms with Crippen molar-refractivity contribution in [2.45, 2.75) is 32.4 Å². The molecule has 1 aliphatic rings. The van der Waals surface area contributed by atoms with Gasteiger partial charge in [0.15, 0.2) is 0 Å². The van der Waals surface area contributed by atoms with Gasteiger partial charge in [-0.3, -0.25) is 9.69 Å². The minimum absolute atomic E-state index is 0.0284. The molecular weight excluding hydrogens is 222 g/mol. The zero-order valence-electron chi connectivity index (χ0n) is 9.66. The summed E-state index contributed by atoms with van der Waals surface area (Å²) in [7, 11) is 0. The van der Waals surface area contributed by atoms with Crippen LogP contribution in [0, 0.1) is 0 Å². The van der Waals surface area contributed by atoms with Gasteiger partial charge in [-0.1, -0.05) is 23.7 Å². The van der Waals surface area contributed by atoms with E-state index >= 15 is 0 Å². The number of Topliss-reactive ketones (excluding diaryl/α,β-unsaturated/α-hetero) is 1. The Labute approximate surface area is 101 Å². The van der Waals surface area contributed by atoms with Gasteiger partial charge in [0, 0.05) is 23.5 Å². The number of hydrogen-bond donors (Lipinski definition) is 0. The fourth-order valence-electron chi connectivity index (χ4n) is 2.20. The molecule has 1 aromatic rings. The summed E-state index contributed by atoms with van der Waals surface area (Å²) in [6.45, 7) is 5.57. The first kappa shape index (κ1) is 11.6. The van der Waals surface area contributed by atoms with Gasteiger partial charge in [-0.2, -0.15) is 0 Å². The highest BCUT2D eigenvalue weighted by molar-refractivity contribution is 6.30. The zero-order valence-corrected chi connectivity index (χ0v) is 10.4. The van der Waals surface area contributed by atoms with E-state index in [0.29, 0.717) is 18.7 Å². The lowest BCUT2D eigenvalue weighted by molar-refractivity contribution is -0.117. The highest BCUT2D eigenvalue weighted by Crippen LogP contribution is 2.28. The van der Waals surface area contributed by atoms with E-state index in [9.17, 15) is 4.79 Å². The topological polar surface area (TPSA) is 20.3 Å². The van der Waals surface area contributed by atoms with Crippen molar-refractivity contribution in [2.75, 3.05) is 6.54 Å². The molecule has 1 fully saturated rings. The van der Waals surface area contributed by atoms with Gasteiger partial charge in [0.2, 0.25) is 0 Å². The molecule has 0 bridgehead atoms. The van der Waals surface area contributed by atoms with E-state index < -0.39 is 0 Å². The molecule has 0 radical (unpaired) electrons. The molecule has 0 atom stereocenters. The van der Waals surface area contributed by atoms with Crippen molar-refractivity contribution in [1.29, 1.82) is 0 Å². The molecule has 16 heavy (non-hydrogen) atoms. The van der Waals surface area contributed by atoms with Crippen LogP contribution < -0.4 is 0 Å². The Morgan fingerprint density at radius 2 is 2.19 bits per heavy atom. The number of carbonyl (C=O) groups excluding carboxylic acids is 1. The van der Waals surface area contributed by atoms with Gasteiger partial charge in [-0.25, -0.2) is 0 Å². The molecule has 0 saturated carbocycles.